The molecular formula is C8H10S. The van der Waals surface area contributed by atoms with Gasteiger partial charge in [0.1, 0.15) is 0 Å². The predicted molar refractivity (Wildman–Crippen MR) is 42.5 cm³/mol. The van der Waals surface area contributed by atoms with Crippen LogP contribution in [0.25, 0.3) is 0 Å². The van der Waals surface area contributed by atoms with Crippen molar-refractivity contribution < 1.29 is 0 Å². The van der Waals surface area contributed by atoms with E-state index in [1.165, 1.54) is 19.3 Å². The van der Waals surface area contributed by atoms with Crippen LogP contribution in [0.15, 0.2) is 23.1 Å². The summed E-state index contributed by atoms with van der Waals surface area (Å²) < 4.78 is 0. The smallest absolute Gasteiger partial charge is 0.0335 e. The van der Waals surface area contributed by atoms with Crippen molar-refractivity contribution in [3.05, 3.63) is 23.1 Å². The summed E-state index contributed by atoms with van der Waals surface area (Å²) in [6.07, 6.45) is 8.72. The van der Waals surface area contributed by atoms with E-state index in [1.54, 1.807) is 5.57 Å². The lowest BCUT2D eigenvalue weighted by atomic mass is 10.00. The van der Waals surface area contributed by atoms with E-state index in [2.05, 4.69) is 17.6 Å². The first-order valence-corrected chi connectivity index (χ1v) is 4.43. The summed E-state index contributed by atoms with van der Waals surface area (Å²) in [5, 5.41) is 3.06. The predicted octanol–water partition coefficient (Wildman–Crippen LogP) is 2.73. The molecule has 0 radical (unpaired) electrons. The van der Waals surface area contributed by atoms with Crippen molar-refractivity contribution in [2.45, 2.75) is 24.5 Å². The molecule has 0 saturated heterocycles. The van der Waals surface area contributed by atoms with E-state index in [9.17, 15) is 0 Å². The van der Waals surface area contributed by atoms with Crippen molar-refractivity contribution in [2.24, 2.45) is 0 Å². The van der Waals surface area contributed by atoms with E-state index >= 15 is 0 Å². The highest BCUT2D eigenvalue weighted by Crippen LogP contribution is 2.35. The van der Waals surface area contributed by atoms with Crippen molar-refractivity contribution in [3.63, 3.8) is 0 Å². The Morgan fingerprint density at radius 1 is 1.56 bits per heavy atom. The zero-order chi connectivity index (χ0) is 6.10. The molecule has 9 heavy (non-hydrogen) atoms. The molecule has 48 valence electrons. The molecule has 2 rings (SSSR count). The van der Waals surface area contributed by atoms with E-state index in [0.29, 0.717) is 0 Å². The Kier molecular flexibility index (Phi) is 1.38. The van der Waals surface area contributed by atoms with Gasteiger partial charge in [0, 0.05) is 5.25 Å². The molecule has 0 aromatic heterocycles. The Morgan fingerprint density at radius 3 is 3.44 bits per heavy atom. The Morgan fingerprint density at radius 2 is 2.56 bits per heavy atom. The topological polar surface area (TPSA) is 0 Å². The number of rotatable bonds is 0. The molecule has 0 aromatic carbocycles. The first-order valence-electron chi connectivity index (χ1n) is 3.49. The Balaban J connectivity index is 2.23. The lowest BCUT2D eigenvalue weighted by molar-refractivity contribution is 0.728. The molecule has 1 aliphatic carbocycles. The molecule has 0 aromatic rings. The first-order chi connectivity index (χ1) is 4.47. The second-order valence-corrected chi connectivity index (χ2v) is 3.68. The molecule has 0 fully saturated rings. The molecule has 1 atom stereocenters. The van der Waals surface area contributed by atoms with Crippen LogP contribution in [0, 0.1) is 0 Å². The molecule has 0 nitrogen and oxygen atoms in total. The van der Waals surface area contributed by atoms with E-state index < -0.39 is 0 Å². The van der Waals surface area contributed by atoms with Crippen LogP contribution >= 0.6 is 11.8 Å². The third kappa shape index (κ3) is 0.940. The average molecular weight is 138 g/mol. The van der Waals surface area contributed by atoms with E-state index in [0.717, 1.165) is 5.25 Å². The van der Waals surface area contributed by atoms with Gasteiger partial charge in [0.05, 0.1) is 0 Å². The van der Waals surface area contributed by atoms with Crippen LogP contribution in [-0.2, 0) is 0 Å². The fourth-order valence-electron chi connectivity index (χ4n) is 1.40. The number of hydrogen-bond acceptors (Lipinski definition) is 1. The molecule has 0 saturated carbocycles. The van der Waals surface area contributed by atoms with Gasteiger partial charge in [-0.15, -0.1) is 11.8 Å². The van der Waals surface area contributed by atoms with Crippen molar-refractivity contribution in [1.82, 2.24) is 0 Å². The molecule has 0 bridgehead atoms. The van der Waals surface area contributed by atoms with Gasteiger partial charge in [0.15, 0.2) is 0 Å². The van der Waals surface area contributed by atoms with Crippen molar-refractivity contribution in [2.75, 3.05) is 0 Å². The van der Waals surface area contributed by atoms with Crippen LogP contribution in [0.2, 0.25) is 0 Å². The summed E-state index contributed by atoms with van der Waals surface area (Å²) in [4.78, 5) is 0. The van der Waals surface area contributed by atoms with Crippen LogP contribution in [-0.4, -0.2) is 5.25 Å². The minimum absolute atomic E-state index is 0.832. The molecular weight excluding hydrogens is 128 g/mol. The summed E-state index contributed by atoms with van der Waals surface area (Å²) in [5.41, 5.74) is 1.58. The molecule has 0 N–H and O–H groups in total. The molecule has 0 spiro atoms. The van der Waals surface area contributed by atoms with Gasteiger partial charge in [-0.1, -0.05) is 12.2 Å². The zero-order valence-electron chi connectivity index (χ0n) is 5.34. The fraction of sp³-hybridized carbons (Fsp3) is 0.500. The van der Waals surface area contributed by atoms with Crippen LogP contribution in [0.5, 0.6) is 0 Å². The van der Waals surface area contributed by atoms with E-state index in [4.69, 9.17) is 0 Å². The average Bonchev–Trinajstić information content (AvgIpc) is 2.33. The third-order valence-electron chi connectivity index (χ3n) is 1.93. The zero-order valence-corrected chi connectivity index (χ0v) is 6.16. The molecule has 1 aliphatic heterocycles. The highest BCUT2D eigenvalue weighted by molar-refractivity contribution is 8.03. The van der Waals surface area contributed by atoms with Crippen molar-refractivity contribution in [3.8, 4) is 0 Å². The summed E-state index contributed by atoms with van der Waals surface area (Å²) in [5.74, 6) is 0. The number of hydrogen-bond donors (Lipinski definition) is 0. The lowest BCUT2D eigenvalue weighted by Gasteiger charge is -2.14. The number of thioether (sulfide) groups is 1. The summed E-state index contributed by atoms with van der Waals surface area (Å²) in [6, 6.07) is 0. The maximum absolute atomic E-state index is 2.38. The first kappa shape index (κ1) is 5.60. The van der Waals surface area contributed by atoms with Gasteiger partial charge in [0.25, 0.3) is 0 Å². The quantitative estimate of drug-likeness (QED) is 0.496. The highest BCUT2D eigenvalue weighted by Gasteiger charge is 2.18. The van der Waals surface area contributed by atoms with Crippen LogP contribution in [0.1, 0.15) is 19.3 Å². The molecule has 1 unspecified atom stereocenters. The van der Waals surface area contributed by atoms with Gasteiger partial charge in [-0.25, -0.2) is 0 Å². The SMILES string of the molecule is C1=CC2=CCCCC2S1. The van der Waals surface area contributed by atoms with Crippen LogP contribution in [0.4, 0.5) is 0 Å². The monoisotopic (exact) mass is 138 g/mol. The largest absolute Gasteiger partial charge is 0.126 e. The van der Waals surface area contributed by atoms with E-state index in [1.807, 2.05) is 11.8 Å². The van der Waals surface area contributed by atoms with Gasteiger partial charge in [-0.05, 0) is 30.2 Å². The summed E-state index contributed by atoms with van der Waals surface area (Å²) in [6.45, 7) is 0. The van der Waals surface area contributed by atoms with Crippen molar-refractivity contribution >= 4 is 11.8 Å². The van der Waals surface area contributed by atoms with E-state index in [-0.39, 0.29) is 0 Å². The van der Waals surface area contributed by atoms with Crippen molar-refractivity contribution in [1.29, 1.82) is 0 Å². The molecule has 1 heterocycles. The third-order valence-corrected chi connectivity index (χ3v) is 3.06. The standard InChI is InChI=1S/C8H10S/c1-2-4-8-7(3-1)5-6-9-8/h3,5-6,8H,1-2,4H2. The normalized spacial score (nSPS) is 32.0. The lowest BCUT2D eigenvalue weighted by Crippen LogP contribution is -2.04. The fourth-order valence-corrected chi connectivity index (χ4v) is 2.46. The number of fused-ring (bicyclic) bond motifs is 1. The number of allylic oxidation sites excluding steroid dienone is 2. The highest BCUT2D eigenvalue weighted by atomic mass is 32.2. The Bertz CT molecular complexity index is 167. The maximum atomic E-state index is 2.38. The Labute approximate surface area is 60.0 Å². The molecule has 1 heteroatoms. The molecule has 2 aliphatic rings. The second-order valence-electron chi connectivity index (χ2n) is 2.56. The van der Waals surface area contributed by atoms with Gasteiger partial charge >= 0.3 is 0 Å². The minimum atomic E-state index is 0.832. The van der Waals surface area contributed by atoms with Gasteiger partial charge < -0.3 is 0 Å². The van der Waals surface area contributed by atoms with Crippen LogP contribution < -0.4 is 0 Å². The summed E-state index contributed by atoms with van der Waals surface area (Å²) in [7, 11) is 0. The second kappa shape index (κ2) is 2.22. The van der Waals surface area contributed by atoms with Crippen LogP contribution in [0.3, 0.4) is 0 Å². The Hall–Kier alpha value is -0.170. The van der Waals surface area contributed by atoms with Gasteiger partial charge in [-0.2, -0.15) is 0 Å². The molecule has 0 amide bonds. The van der Waals surface area contributed by atoms with Gasteiger partial charge in [0.2, 0.25) is 0 Å². The van der Waals surface area contributed by atoms with Gasteiger partial charge in [-0.3, -0.25) is 0 Å². The summed E-state index contributed by atoms with van der Waals surface area (Å²) >= 11 is 1.98. The maximum Gasteiger partial charge on any atom is 0.0335 e. The minimum Gasteiger partial charge on any atom is -0.126 e.